The Morgan fingerprint density at radius 3 is 2.03 bits per heavy atom. The molecule has 0 saturated heterocycles. The molecule has 0 spiro atoms. The second kappa shape index (κ2) is 24.8. The van der Waals surface area contributed by atoms with Crippen LogP contribution < -0.4 is 4.89 Å². The van der Waals surface area contributed by atoms with E-state index < -0.39 is 38.0 Å². The van der Waals surface area contributed by atoms with E-state index in [0.717, 1.165) is 49.9 Å². The van der Waals surface area contributed by atoms with Gasteiger partial charge in [-0.1, -0.05) is 156 Å². The highest BCUT2D eigenvalue weighted by Crippen LogP contribution is 2.68. The van der Waals surface area contributed by atoms with Crippen molar-refractivity contribution < 1.29 is 42.7 Å². The van der Waals surface area contributed by atoms with Crippen molar-refractivity contribution in [1.82, 2.24) is 0 Å². The number of carboxylic acids is 1. The van der Waals surface area contributed by atoms with E-state index in [1.807, 2.05) is 21.1 Å². The number of carbonyl (C=O) groups is 1. The molecule has 3 fully saturated rings. The molecule has 0 bridgehead atoms. The van der Waals surface area contributed by atoms with E-state index >= 15 is 0 Å². The predicted octanol–water partition coefficient (Wildman–Crippen LogP) is 12.5. The van der Waals surface area contributed by atoms with Crippen LogP contribution in [-0.4, -0.2) is 79.9 Å². The summed E-state index contributed by atoms with van der Waals surface area (Å²) in [5.74, 6) is 1.97. The van der Waals surface area contributed by atoms with Gasteiger partial charge in [0.25, 0.3) is 7.82 Å². The molecule has 0 aromatic carbocycles. The molecule has 0 amide bonds. The molecule has 4 aliphatic rings. The van der Waals surface area contributed by atoms with Gasteiger partial charge in [0.1, 0.15) is 19.3 Å². The molecular weight excluding hydrogens is 798 g/mol. The molecule has 4 rings (SSSR count). The van der Waals surface area contributed by atoms with Crippen LogP contribution in [0.15, 0.2) is 11.6 Å². The van der Waals surface area contributed by atoms with E-state index in [9.17, 15) is 24.5 Å². The quantitative estimate of drug-likeness (QED) is 0.0305. The van der Waals surface area contributed by atoms with Crippen molar-refractivity contribution in [2.75, 3.05) is 47.5 Å². The first-order valence-electron chi connectivity index (χ1n) is 26.0. The summed E-state index contributed by atoms with van der Waals surface area (Å²) in [6.45, 7) is 14.3. The van der Waals surface area contributed by atoms with Crippen LogP contribution in [0.2, 0.25) is 0 Å². The molecule has 62 heavy (non-hydrogen) atoms. The van der Waals surface area contributed by atoms with Gasteiger partial charge >= 0.3 is 5.97 Å². The number of ether oxygens (including phenoxy) is 1. The molecule has 10 heteroatoms. The fourth-order valence-corrected chi connectivity index (χ4v) is 14.3. The second-order valence-electron chi connectivity index (χ2n) is 22.9. The number of unbranched alkanes of at least 4 members (excludes halogenated alkanes) is 13. The van der Waals surface area contributed by atoms with Gasteiger partial charge in [0.2, 0.25) is 5.60 Å². The normalized spacial score (nSPS) is 30.5. The molecule has 4 aliphatic carbocycles. The smallest absolute Gasteiger partial charge is 0.339 e. The van der Waals surface area contributed by atoms with Crippen LogP contribution >= 0.6 is 7.82 Å². The number of allylic oxidation sites excluding steroid dienone is 2. The van der Waals surface area contributed by atoms with Crippen molar-refractivity contribution >= 4 is 13.8 Å². The van der Waals surface area contributed by atoms with Crippen LogP contribution in [0.4, 0.5) is 0 Å². The standard InChI is InChI=1S/C52H96NO8P/c1-10-11-12-13-14-15-16-17-18-19-20-21-22-23-36-59-48(39-54)52(49(55)56,61-62(57,58)60-37-35-53(7,8)9)43-31-33-50(5)42(38-43)27-28-44-46-30-29-45(41(4)26-24-25-40(2)3)51(46,6)34-32-47(44)50/h27,40-41,43-48,54H,10-26,28-39H2,1-9H3,(H-,55,56,57,58)/t41-,43?,44?,45-,46?,47?,48?,50+,51-,52?/m1/s1. The summed E-state index contributed by atoms with van der Waals surface area (Å²) in [5, 5.41) is 22.1. The predicted molar refractivity (Wildman–Crippen MR) is 252 cm³/mol. The minimum absolute atomic E-state index is 0.0853. The lowest BCUT2D eigenvalue weighted by atomic mass is 9.46. The summed E-state index contributed by atoms with van der Waals surface area (Å²) >= 11 is 0. The minimum atomic E-state index is -5.14. The second-order valence-corrected chi connectivity index (χ2v) is 24.2. The van der Waals surface area contributed by atoms with Gasteiger partial charge < -0.3 is 28.9 Å². The molecule has 362 valence electrons. The zero-order valence-electron chi connectivity index (χ0n) is 41.4. The number of likely N-dealkylation sites (N-methyl/N-ethyl adjacent to an activating group) is 1. The molecule has 0 heterocycles. The first-order valence-corrected chi connectivity index (χ1v) is 27.4. The lowest BCUT2D eigenvalue weighted by molar-refractivity contribution is -0.870. The van der Waals surface area contributed by atoms with Gasteiger partial charge in [-0.2, -0.15) is 0 Å². The topological polar surface area (TPSA) is 125 Å². The zero-order chi connectivity index (χ0) is 45.6. The number of aliphatic carboxylic acids is 1. The summed E-state index contributed by atoms with van der Waals surface area (Å²) in [7, 11) is 0.664. The maximum atomic E-state index is 13.8. The SMILES string of the molecule is CCCCCCCCCCCCCCCCOC(CO)C(OP(=O)([O-])OCC[N+](C)(C)C)(C(=O)O)C1CC[C@@]2(C)C(=CCC3C2CC[C@@]2(C)C3CC[C@@H]2[C@H](C)CCCC(C)C)C1. The van der Waals surface area contributed by atoms with Crippen LogP contribution in [-0.2, 0) is 23.1 Å². The number of quaternary nitrogens is 1. The first-order chi connectivity index (χ1) is 29.3. The Labute approximate surface area is 380 Å². The van der Waals surface area contributed by atoms with Crippen LogP contribution in [0.5, 0.6) is 0 Å². The average Bonchev–Trinajstić information content (AvgIpc) is 3.56. The van der Waals surface area contributed by atoms with E-state index in [1.54, 1.807) is 0 Å². The fourth-order valence-electron chi connectivity index (χ4n) is 13.3. The van der Waals surface area contributed by atoms with Crippen molar-refractivity contribution in [2.24, 2.45) is 52.3 Å². The number of phosphoric ester groups is 1. The number of aliphatic hydroxyl groups is 1. The van der Waals surface area contributed by atoms with E-state index in [2.05, 4.69) is 47.6 Å². The van der Waals surface area contributed by atoms with Gasteiger partial charge in [-0.05, 0) is 104 Å². The van der Waals surface area contributed by atoms with E-state index in [-0.39, 0.29) is 18.6 Å². The molecular formula is C52H96NO8P. The Morgan fingerprint density at radius 2 is 1.47 bits per heavy atom. The molecule has 2 N–H and O–H groups in total. The van der Waals surface area contributed by atoms with Crippen LogP contribution in [0, 0.1) is 52.3 Å². The molecule has 3 saturated carbocycles. The van der Waals surface area contributed by atoms with Crippen LogP contribution in [0.25, 0.3) is 0 Å². The van der Waals surface area contributed by atoms with Crippen molar-refractivity contribution in [3.05, 3.63) is 11.6 Å². The van der Waals surface area contributed by atoms with Crippen molar-refractivity contribution in [3.63, 3.8) is 0 Å². The molecule has 0 radical (unpaired) electrons. The molecule has 11 atom stereocenters. The highest BCUT2D eigenvalue weighted by atomic mass is 31.2. The largest absolute Gasteiger partial charge is 0.756 e. The van der Waals surface area contributed by atoms with Gasteiger partial charge in [0.05, 0.1) is 27.7 Å². The molecule has 0 aliphatic heterocycles. The Bertz CT molecular complexity index is 1410. The summed E-state index contributed by atoms with van der Waals surface area (Å²) < 4.78 is 31.7. The van der Waals surface area contributed by atoms with Gasteiger partial charge in [-0.15, -0.1) is 0 Å². The Balaban J connectivity index is 1.43. The number of rotatable bonds is 31. The molecule has 7 unspecified atom stereocenters. The third-order valence-corrected chi connectivity index (χ3v) is 18.0. The molecule has 9 nitrogen and oxygen atoms in total. The summed E-state index contributed by atoms with van der Waals surface area (Å²) in [6.07, 6.45) is 29.7. The number of nitrogens with zero attached hydrogens (tertiary/aromatic N) is 1. The minimum Gasteiger partial charge on any atom is -0.756 e. The maximum absolute atomic E-state index is 13.8. The number of hydrogen-bond donors (Lipinski definition) is 2. The zero-order valence-corrected chi connectivity index (χ0v) is 42.3. The lowest BCUT2D eigenvalue weighted by Crippen LogP contribution is -2.61. The number of phosphoric acid groups is 1. The average molecular weight is 894 g/mol. The first kappa shape index (κ1) is 53.8. The van der Waals surface area contributed by atoms with Gasteiger partial charge in [-0.25, -0.2) is 4.79 Å². The van der Waals surface area contributed by atoms with Crippen molar-refractivity contribution in [2.45, 2.75) is 214 Å². The van der Waals surface area contributed by atoms with Crippen LogP contribution in [0.1, 0.15) is 202 Å². The Kier molecular flexibility index (Phi) is 21.5. The lowest BCUT2D eigenvalue weighted by Gasteiger charge is -2.59. The third-order valence-electron chi connectivity index (χ3n) is 17.0. The number of hydrogen-bond acceptors (Lipinski definition) is 7. The van der Waals surface area contributed by atoms with Gasteiger partial charge in [0.15, 0.2) is 0 Å². The number of carboxylic acid groups (broad SMARTS) is 1. The van der Waals surface area contributed by atoms with Crippen molar-refractivity contribution in [3.8, 4) is 0 Å². The Hall–Kier alpha value is -0.800. The highest BCUT2D eigenvalue weighted by Gasteiger charge is 2.62. The Morgan fingerprint density at radius 1 is 0.855 bits per heavy atom. The fraction of sp³-hybridized carbons (Fsp3) is 0.942. The maximum Gasteiger partial charge on any atom is 0.339 e. The van der Waals surface area contributed by atoms with Gasteiger partial charge in [-0.3, -0.25) is 9.09 Å². The van der Waals surface area contributed by atoms with Crippen molar-refractivity contribution in [1.29, 1.82) is 0 Å². The summed E-state index contributed by atoms with van der Waals surface area (Å²) in [4.78, 5) is 27.5. The van der Waals surface area contributed by atoms with Gasteiger partial charge in [0, 0.05) is 12.5 Å². The number of fused-ring (bicyclic) bond motifs is 5. The van der Waals surface area contributed by atoms with Crippen LogP contribution in [0.3, 0.4) is 0 Å². The number of aliphatic hydroxyl groups excluding tert-OH is 1. The molecule has 0 aromatic rings. The molecule has 0 aromatic heterocycles. The summed E-state index contributed by atoms with van der Waals surface area (Å²) in [5.41, 5.74) is -0.811. The van der Waals surface area contributed by atoms with E-state index in [1.165, 1.54) is 115 Å². The monoisotopic (exact) mass is 894 g/mol. The van der Waals surface area contributed by atoms with E-state index in [4.69, 9.17) is 13.8 Å². The highest BCUT2D eigenvalue weighted by molar-refractivity contribution is 7.46. The van der Waals surface area contributed by atoms with E-state index in [0.29, 0.717) is 53.5 Å². The third kappa shape index (κ3) is 14.4. The summed E-state index contributed by atoms with van der Waals surface area (Å²) in [6, 6.07) is 0.